The third-order valence-corrected chi connectivity index (χ3v) is 4.04. The molecule has 3 nitrogen and oxygen atoms in total. The van der Waals surface area contributed by atoms with Crippen molar-refractivity contribution in [3.8, 4) is 6.07 Å². The minimum Gasteiger partial charge on any atom is -0.352 e. The lowest BCUT2D eigenvalue weighted by atomic mass is 10.1. The number of nitrogens with one attached hydrogen (secondary N) is 1. The van der Waals surface area contributed by atoms with Gasteiger partial charge in [0, 0.05) is 11.4 Å². The predicted molar refractivity (Wildman–Crippen MR) is 80.6 cm³/mol. The largest absolute Gasteiger partial charge is 0.352 e. The van der Waals surface area contributed by atoms with Crippen LogP contribution in [0.25, 0.3) is 0 Å². The molecule has 2 rings (SSSR count). The van der Waals surface area contributed by atoms with Crippen LogP contribution in [-0.4, -0.2) is 12.5 Å². The van der Waals surface area contributed by atoms with Gasteiger partial charge in [0.2, 0.25) is 0 Å². The van der Waals surface area contributed by atoms with E-state index < -0.39 is 23.1 Å². The third kappa shape index (κ3) is 3.89. The molecule has 1 amide bonds. The van der Waals surface area contributed by atoms with Gasteiger partial charge < -0.3 is 5.32 Å². The number of nitriles is 1. The van der Waals surface area contributed by atoms with Crippen LogP contribution >= 0.6 is 11.3 Å². The highest BCUT2D eigenvalue weighted by molar-refractivity contribution is 7.09. The number of carbonyl (C=O) groups excluding carboxylic acids is 1. The van der Waals surface area contributed by atoms with Gasteiger partial charge in [0.05, 0.1) is 11.6 Å². The Bertz CT molecular complexity index is 684. The number of amides is 1. The van der Waals surface area contributed by atoms with Crippen LogP contribution in [0.3, 0.4) is 0 Å². The number of rotatable bonds is 5. The zero-order valence-corrected chi connectivity index (χ0v) is 12.7. The highest BCUT2D eigenvalue weighted by Gasteiger charge is 2.19. The van der Waals surface area contributed by atoms with Crippen molar-refractivity contribution in [1.82, 2.24) is 5.32 Å². The Labute approximate surface area is 131 Å². The van der Waals surface area contributed by atoms with E-state index in [4.69, 9.17) is 5.26 Å². The Hall–Kier alpha value is -2.26. The van der Waals surface area contributed by atoms with Crippen LogP contribution in [-0.2, 0) is 6.42 Å². The van der Waals surface area contributed by atoms with Gasteiger partial charge in [-0.1, -0.05) is 13.0 Å². The highest BCUT2D eigenvalue weighted by atomic mass is 32.1. The van der Waals surface area contributed by atoms with Crippen LogP contribution in [0, 0.1) is 28.9 Å². The minimum atomic E-state index is -1.03. The van der Waals surface area contributed by atoms with Crippen molar-refractivity contribution in [2.24, 2.45) is 5.92 Å². The fraction of sp³-hybridized carbons (Fsp3) is 0.250. The molecule has 6 heteroatoms. The zero-order chi connectivity index (χ0) is 16.1. The molecule has 0 saturated heterocycles. The summed E-state index contributed by atoms with van der Waals surface area (Å²) in [6, 6.07) is 7.30. The molecular weight excluding hydrogens is 306 g/mol. The maximum absolute atomic E-state index is 13.7. The van der Waals surface area contributed by atoms with E-state index in [-0.39, 0.29) is 11.5 Å². The molecule has 1 atom stereocenters. The number of nitrogens with zero attached hydrogens (tertiary/aromatic N) is 1. The molecule has 0 aliphatic rings. The summed E-state index contributed by atoms with van der Waals surface area (Å²) in [5.74, 6) is -2.72. The van der Waals surface area contributed by atoms with Crippen molar-refractivity contribution in [2.45, 2.75) is 13.3 Å². The Morgan fingerprint density at radius 3 is 2.64 bits per heavy atom. The van der Waals surface area contributed by atoms with Crippen molar-refractivity contribution in [3.63, 3.8) is 0 Å². The Balaban J connectivity index is 1.99. The minimum absolute atomic E-state index is 0.145. The second-order valence-electron chi connectivity index (χ2n) is 5.03. The molecule has 1 aromatic carbocycles. The van der Waals surface area contributed by atoms with Crippen molar-refractivity contribution in [1.29, 1.82) is 5.26 Å². The van der Waals surface area contributed by atoms with Crippen LogP contribution in [0.5, 0.6) is 0 Å². The van der Waals surface area contributed by atoms with E-state index in [0.29, 0.717) is 6.54 Å². The van der Waals surface area contributed by atoms with Crippen LogP contribution in [0.4, 0.5) is 8.78 Å². The summed E-state index contributed by atoms with van der Waals surface area (Å²) < 4.78 is 27.5. The first-order valence-corrected chi connectivity index (χ1v) is 7.59. The SMILES string of the molecule is C[C@H](CNC(=O)c1c(F)cc(C#N)cc1F)Cc1cccs1. The van der Waals surface area contributed by atoms with E-state index in [2.05, 4.69) is 5.32 Å². The summed E-state index contributed by atoms with van der Waals surface area (Å²) in [7, 11) is 0. The lowest BCUT2D eigenvalue weighted by molar-refractivity contribution is 0.0939. The topological polar surface area (TPSA) is 52.9 Å². The molecule has 0 bridgehead atoms. The number of halogens is 2. The summed E-state index contributed by atoms with van der Waals surface area (Å²) in [6.07, 6.45) is 0.788. The first-order chi connectivity index (χ1) is 10.5. The second kappa shape index (κ2) is 7.14. The number of benzene rings is 1. The molecule has 22 heavy (non-hydrogen) atoms. The number of carbonyl (C=O) groups is 1. The standard InChI is InChI=1S/C16H14F2N2OS/c1-10(5-12-3-2-4-22-12)9-20-16(21)15-13(17)6-11(8-19)7-14(15)18/h2-4,6-7,10H,5,9H2,1H3,(H,20,21)/t10-/m0/s1. The Morgan fingerprint density at radius 2 is 2.09 bits per heavy atom. The normalized spacial score (nSPS) is 11.7. The van der Waals surface area contributed by atoms with Gasteiger partial charge in [-0.3, -0.25) is 4.79 Å². The average Bonchev–Trinajstić information content (AvgIpc) is 2.97. The molecule has 0 aliphatic heterocycles. The van der Waals surface area contributed by atoms with E-state index in [1.807, 2.05) is 24.4 Å². The predicted octanol–water partition coefficient (Wildman–Crippen LogP) is 3.51. The second-order valence-corrected chi connectivity index (χ2v) is 6.06. The van der Waals surface area contributed by atoms with E-state index in [0.717, 1.165) is 18.6 Å². The van der Waals surface area contributed by atoms with E-state index in [9.17, 15) is 13.6 Å². The smallest absolute Gasteiger partial charge is 0.257 e. The van der Waals surface area contributed by atoms with Crippen LogP contribution in [0.15, 0.2) is 29.6 Å². The van der Waals surface area contributed by atoms with Gasteiger partial charge in [-0.15, -0.1) is 11.3 Å². The fourth-order valence-corrected chi connectivity index (χ4v) is 2.92. The fourth-order valence-electron chi connectivity index (χ4n) is 2.05. The molecule has 0 saturated carbocycles. The Morgan fingerprint density at radius 1 is 1.41 bits per heavy atom. The van der Waals surface area contributed by atoms with Gasteiger partial charge in [0.15, 0.2) is 0 Å². The summed E-state index contributed by atoms with van der Waals surface area (Å²) in [5, 5.41) is 13.1. The highest BCUT2D eigenvalue weighted by Crippen LogP contribution is 2.16. The average molecular weight is 320 g/mol. The lowest BCUT2D eigenvalue weighted by Crippen LogP contribution is -2.30. The van der Waals surface area contributed by atoms with E-state index in [1.165, 1.54) is 4.88 Å². The van der Waals surface area contributed by atoms with Gasteiger partial charge in [0.25, 0.3) is 5.91 Å². The molecular formula is C16H14F2N2OS. The third-order valence-electron chi connectivity index (χ3n) is 3.14. The van der Waals surface area contributed by atoms with Crippen LogP contribution < -0.4 is 5.32 Å². The summed E-state index contributed by atoms with van der Waals surface area (Å²) >= 11 is 1.63. The number of hydrogen-bond donors (Lipinski definition) is 1. The quantitative estimate of drug-likeness (QED) is 0.916. The molecule has 1 heterocycles. The van der Waals surface area contributed by atoms with Crippen LogP contribution in [0.2, 0.25) is 0 Å². The summed E-state index contributed by atoms with van der Waals surface area (Å²) in [6.45, 7) is 2.26. The molecule has 0 unspecified atom stereocenters. The summed E-state index contributed by atoms with van der Waals surface area (Å²) in [4.78, 5) is 13.1. The maximum Gasteiger partial charge on any atom is 0.257 e. The van der Waals surface area contributed by atoms with Crippen molar-refractivity contribution in [3.05, 3.63) is 57.3 Å². The molecule has 0 fully saturated rings. The molecule has 114 valence electrons. The molecule has 2 aromatic rings. The van der Waals surface area contributed by atoms with Gasteiger partial charge >= 0.3 is 0 Å². The van der Waals surface area contributed by atoms with Gasteiger partial charge in [-0.05, 0) is 35.9 Å². The lowest BCUT2D eigenvalue weighted by Gasteiger charge is -2.12. The first kappa shape index (κ1) is 16.1. The monoisotopic (exact) mass is 320 g/mol. The van der Waals surface area contributed by atoms with Crippen molar-refractivity contribution >= 4 is 17.2 Å². The molecule has 1 N–H and O–H groups in total. The zero-order valence-electron chi connectivity index (χ0n) is 11.9. The summed E-state index contributed by atoms with van der Waals surface area (Å²) in [5.41, 5.74) is -0.806. The van der Waals surface area contributed by atoms with Gasteiger partial charge in [-0.2, -0.15) is 5.26 Å². The van der Waals surface area contributed by atoms with Crippen molar-refractivity contribution in [2.75, 3.05) is 6.54 Å². The van der Waals surface area contributed by atoms with E-state index >= 15 is 0 Å². The van der Waals surface area contributed by atoms with Crippen molar-refractivity contribution < 1.29 is 13.6 Å². The molecule has 0 aliphatic carbocycles. The van der Waals surface area contributed by atoms with Gasteiger partial charge in [-0.25, -0.2) is 8.78 Å². The molecule has 0 radical (unpaired) electrons. The van der Waals surface area contributed by atoms with Crippen LogP contribution in [0.1, 0.15) is 27.7 Å². The molecule has 0 spiro atoms. The van der Waals surface area contributed by atoms with E-state index in [1.54, 1.807) is 17.4 Å². The van der Waals surface area contributed by atoms with Gasteiger partial charge in [0.1, 0.15) is 17.2 Å². The maximum atomic E-state index is 13.7. The number of thiophene rings is 1. The molecule has 1 aromatic heterocycles. The number of hydrogen-bond acceptors (Lipinski definition) is 3. The Kier molecular flexibility index (Phi) is 5.23. The first-order valence-electron chi connectivity index (χ1n) is 6.71.